The highest BCUT2D eigenvalue weighted by molar-refractivity contribution is 5.85. The van der Waals surface area contributed by atoms with Crippen LogP contribution >= 0.6 is 0 Å². The van der Waals surface area contributed by atoms with Crippen LogP contribution in [0.1, 0.15) is 26.3 Å². The molecular formula is C15H16N4O2. The van der Waals surface area contributed by atoms with E-state index in [2.05, 4.69) is 16.4 Å². The van der Waals surface area contributed by atoms with Crippen LogP contribution in [0.15, 0.2) is 36.9 Å². The molecule has 0 aliphatic heterocycles. The van der Waals surface area contributed by atoms with Gasteiger partial charge in [-0.25, -0.2) is 9.78 Å². The second-order valence-corrected chi connectivity index (χ2v) is 5.44. The Morgan fingerprint density at radius 3 is 2.76 bits per heavy atom. The van der Waals surface area contributed by atoms with Gasteiger partial charge in [-0.05, 0) is 39.0 Å². The molecule has 0 radical (unpaired) electrons. The van der Waals surface area contributed by atoms with Crippen molar-refractivity contribution in [1.29, 1.82) is 5.26 Å². The maximum absolute atomic E-state index is 11.8. The Balaban J connectivity index is 2.25. The fraction of sp³-hybridized carbons (Fsp3) is 0.267. The lowest BCUT2D eigenvalue weighted by atomic mass is 10.1. The maximum Gasteiger partial charge on any atom is 0.412 e. The van der Waals surface area contributed by atoms with E-state index in [0.29, 0.717) is 16.9 Å². The van der Waals surface area contributed by atoms with Gasteiger partial charge in [-0.1, -0.05) is 0 Å². The zero-order valence-electron chi connectivity index (χ0n) is 12.1. The molecule has 1 heterocycles. The van der Waals surface area contributed by atoms with Gasteiger partial charge in [0.2, 0.25) is 0 Å². The average molecular weight is 284 g/mol. The van der Waals surface area contributed by atoms with Crippen LogP contribution in [0.4, 0.5) is 10.5 Å². The molecule has 1 N–H and O–H groups in total. The molecule has 6 nitrogen and oxygen atoms in total. The number of nitriles is 1. The molecule has 0 saturated heterocycles. The highest BCUT2D eigenvalue weighted by Gasteiger charge is 2.16. The molecule has 0 fully saturated rings. The van der Waals surface area contributed by atoms with Crippen LogP contribution in [0.25, 0.3) is 5.69 Å². The van der Waals surface area contributed by atoms with E-state index in [1.54, 1.807) is 62.3 Å². The van der Waals surface area contributed by atoms with Gasteiger partial charge < -0.3 is 9.30 Å². The molecule has 0 unspecified atom stereocenters. The summed E-state index contributed by atoms with van der Waals surface area (Å²) in [6.07, 6.45) is 4.40. The highest BCUT2D eigenvalue weighted by Crippen LogP contribution is 2.20. The lowest BCUT2D eigenvalue weighted by Gasteiger charge is -2.20. The van der Waals surface area contributed by atoms with Gasteiger partial charge in [0.15, 0.2) is 0 Å². The molecule has 1 amide bonds. The van der Waals surface area contributed by atoms with Gasteiger partial charge in [-0.15, -0.1) is 0 Å². The van der Waals surface area contributed by atoms with E-state index in [1.165, 1.54) is 0 Å². The van der Waals surface area contributed by atoms with Crippen molar-refractivity contribution in [3.63, 3.8) is 0 Å². The number of carbonyl (C=O) groups excluding carboxylic acids is 1. The number of benzene rings is 1. The molecule has 6 heteroatoms. The molecule has 0 bridgehead atoms. The van der Waals surface area contributed by atoms with Crippen molar-refractivity contribution in [3.8, 4) is 11.8 Å². The number of amides is 1. The number of anilines is 1. The molecule has 2 rings (SSSR count). The standard InChI is InChI=1S/C15H16N4O2/c1-15(2,3)21-14(20)18-12-5-4-11(9-16)13(8-12)19-7-6-17-10-19/h4-8,10H,1-3H3,(H,18,20). The van der Waals surface area contributed by atoms with Crippen LogP contribution in [0.3, 0.4) is 0 Å². The average Bonchev–Trinajstić information content (AvgIpc) is 2.90. The largest absolute Gasteiger partial charge is 0.444 e. The van der Waals surface area contributed by atoms with Crippen LogP contribution in [0.2, 0.25) is 0 Å². The first-order valence-corrected chi connectivity index (χ1v) is 6.41. The van der Waals surface area contributed by atoms with Crippen molar-refractivity contribution in [2.45, 2.75) is 26.4 Å². The summed E-state index contributed by atoms with van der Waals surface area (Å²) in [7, 11) is 0. The Bertz CT molecular complexity index is 679. The summed E-state index contributed by atoms with van der Waals surface area (Å²) in [5, 5.41) is 11.8. The summed E-state index contributed by atoms with van der Waals surface area (Å²) in [5.74, 6) is 0. The molecule has 0 spiro atoms. The summed E-state index contributed by atoms with van der Waals surface area (Å²) < 4.78 is 6.90. The Morgan fingerprint density at radius 2 is 2.19 bits per heavy atom. The summed E-state index contributed by atoms with van der Waals surface area (Å²) in [6, 6.07) is 7.11. The first kappa shape index (κ1) is 14.6. The SMILES string of the molecule is CC(C)(C)OC(=O)Nc1ccc(C#N)c(-n2ccnc2)c1. The third-order valence-electron chi connectivity index (χ3n) is 2.55. The van der Waals surface area contributed by atoms with Gasteiger partial charge in [0.05, 0.1) is 17.6 Å². The van der Waals surface area contributed by atoms with Crippen LogP contribution in [-0.2, 0) is 4.74 Å². The van der Waals surface area contributed by atoms with E-state index in [0.717, 1.165) is 0 Å². The van der Waals surface area contributed by atoms with Crippen molar-refractivity contribution in [3.05, 3.63) is 42.5 Å². The fourth-order valence-corrected chi connectivity index (χ4v) is 1.74. The first-order valence-electron chi connectivity index (χ1n) is 6.41. The van der Waals surface area contributed by atoms with Gasteiger partial charge >= 0.3 is 6.09 Å². The van der Waals surface area contributed by atoms with Crippen LogP contribution in [0.5, 0.6) is 0 Å². The Labute approximate surface area is 123 Å². The van der Waals surface area contributed by atoms with Crippen molar-refractivity contribution in [1.82, 2.24) is 9.55 Å². The van der Waals surface area contributed by atoms with Gasteiger partial charge in [0.1, 0.15) is 11.7 Å². The second kappa shape index (κ2) is 5.67. The lowest BCUT2D eigenvalue weighted by molar-refractivity contribution is 0.0636. The van der Waals surface area contributed by atoms with E-state index in [4.69, 9.17) is 10.00 Å². The minimum Gasteiger partial charge on any atom is -0.444 e. The number of rotatable bonds is 2. The maximum atomic E-state index is 11.8. The minimum absolute atomic E-state index is 0.489. The number of nitrogens with zero attached hydrogens (tertiary/aromatic N) is 3. The van der Waals surface area contributed by atoms with Crippen molar-refractivity contribution < 1.29 is 9.53 Å². The molecule has 108 valence electrons. The van der Waals surface area contributed by atoms with E-state index < -0.39 is 11.7 Å². The fourth-order valence-electron chi connectivity index (χ4n) is 1.74. The number of carbonyl (C=O) groups is 1. The number of aromatic nitrogens is 2. The number of nitrogens with one attached hydrogen (secondary N) is 1. The van der Waals surface area contributed by atoms with Gasteiger partial charge in [0.25, 0.3) is 0 Å². The van der Waals surface area contributed by atoms with Crippen molar-refractivity contribution in [2.75, 3.05) is 5.32 Å². The summed E-state index contributed by atoms with van der Waals surface area (Å²) in [5.41, 5.74) is 1.11. The Hall–Kier alpha value is -2.81. The molecule has 0 atom stereocenters. The third-order valence-corrected chi connectivity index (χ3v) is 2.55. The molecule has 21 heavy (non-hydrogen) atoms. The van der Waals surface area contributed by atoms with Crippen LogP contribution in [0, 0.1) is 11.3 Å². The van der Waals surface area contributed by atoms with E-state index >= 15 is 0 Å². The molecule has 1 aromatic carbocycles. The van der Waals surface area contributed by atoms with E-state index in [1.807, 2.05) is 0 Å². The Morgan fingerprint density at radius 1 is 1.43 bits per heavy atom. The molecule has 0 aliphatic carbocycles. The predicted molar refractivity (Wildman–Crippen MR) is 78.1 cm³/mol. The monoisotopic (exact) mass is 284 g/mol. The predicted octanol–water partition coefficient (Wildman–Crippen LogP) is 3.09. The topological polar surface area (TPSA) is 79.9 Å². The second-order valence-electron chi connectivity index (χ2n) is 5.44. The lowest BCUT2D eigenvalue weighted by Crippen LogP contribution is -2.27. The molecule has 0 saturated carbocycles. The van der Waals surface area contributed by atoms with E-state index in [9.17, 15) is 4.79 Å². The van der Waals surface area contributed by atoms with Gasteiger partial charge in [-0.2, -0.15) is 5.26 Å². The zero-order chi connectivity index (χ0) is 15.5. The number of hydrogen-bond acceptors (Lipinski definition) is 4. The quantitative estimate of drug-likeness (QED) is 0.919. The van der Waals surface area contributed by atoms with Crippen molar-refractivity contribution >= 4 is 11.8 Å². The number of ether oxygens (including phenoxy) is 1. The number of hydrogen-bond donors (Lipinski definition) is 1. The zero-order valence-corrected chi connectivity index (χ0v) is 12.1. The first-order chi connectivity index (χ1) is 9.89. The van der Waals surface area contributed by atoms with E-state index in [-0.39, 0.29) is 0 Å². The molecule has 0 aliphatic rings. The molecule has 1 aromatic heterocycles. The van der Waals surface area contributed by atoms with Gasteiger partial charge in [-0.3, -0.25) is 5.32 Å². The summed E-state index contributed by atoms with van der Waals surface area (Å²) >= 11 is 0. The van der Waals surface area contributed by atoms with Crippen LogP contribution in [-0.4, -0.2) is 21.2 Å². The normalized spacial score (nSPS) is 10.8. The smallest absolute Gasteiger partial charge is 0.412 e. The highest BCUT2D eigenvalue weighted by atomic mass is 16.6. The summed E-state index contributed by atoms with van der Waals surface area (Å²) in [4.78, 5) is 15.7. The molecule has 2 aromatic rings. The minimum atomic E-state index is -0.566. The van der Waals surface area contributed by atoms with Crippen LogP contribution < -0.4 is 5.32 Å². The summed E-state index contributed by atoms with van der Waals surface area (Å²) in [6.45, 7) is 5.38. The van der Waals surface area contributed by atoms with Crippen molar-refractivity contribution in [2.24, 2.45) is 0 Å². The Kier molecular flexibility index (Phi) is 3.94. The third kappa shape index (κ3) is 3.83. The number of imidazole rings is 1. The molecular weight excluding hydrogens is 268 g/mol. The van der Waals surface area contributed by atoms with Gasteiger partial charge in [0, 0.05) is 18.1 Å².